The van der Waals surface area contributed by atoms with E-state index in [0.29, 0.717) is 12.5 Å². The molecule has 1 saturated heterocycles. The van der Waals surface area contributed by atoms with Gasteiger partial charge in [0.1, 0.15) is 0 Å². The third-order valence-electron chi connectivity index (χ3n) is 3.83. The molecule has 1 aliphatic heterocycles. The van der Waals surface area contributed by atoms with Crippen molar-refractivity contribution in [1.82, 2.24) is 14.8 Å². The Morgan fingerprint density at radius 3 is 2.79 bits per heavy atom. The Kier molecular flexibility index (Phi) is 4.91. The molecule has 0 N–H and O–H groups in total. The Hall–Kier alpha value is -1.42. The molecule has 1 atom stereocenters. The van der Waals surface area contributed by atoms with Gasteiger partial charge < -0.3 is 9.80 Å². The van der Waals surface area contributed by atoms with E-state index in [1.165, 1.54) is 12.8 Å². The molecule has 2 heterocycles. The first kappa shape index (κ1) is 14.0. The summed E-state index contributed by atoms with van der Waals surface area (Å²) < 4.78 is 0. The van der Waals surface area contributed by atoms with Crippen molar-refractivity contribution in [2.24, 2.45) is 0 Å². The lowest BCUT2D eigenvalue weighted by atomic mass is 10.1. The number of nitrogens with zero attached hydrogens (tertiary/aromatic N) is 3. The zero-order chi connectivity index (χ0) is 13.7. The monoisotopic (exact) mass is 261 g/mol. The number of carbonyl (C=O) groups is 1. The molecule has 0 saturated carbocycles. The maximum atomic E-state index is 12.4. The first-order valence-electron chi connectivity index (χ1n) is 7.00. The van der Waals surface area contributed by atoms with Crippen LogP contribution in [-0.4, -0.2) is 53.9 Å². The molecule has 1 aromatic rings. The molecule has 4 heteroatoms. The SMILES string of the molecule is CN(C)[C@H]1CCCCN(C(=O)Cc2ccncc2)C1. The van der Waals surface area contributed by atoms with Crippen LogP contribution in [0.3, 0.4) is 0 Å². The van der Waals surface area contributed by atoms with E-state index in [0.717, 1.165) is 25.1 Å². The molecule has 4 nitrogen and oxygen atoms in total. The number of aromatic nitrogens is 1. The predicted molar refractivity (Wildman–Crippen MR) is 75.8 cm³/mol. The fourth-order valence-corrected chi connectivity index (χ4v) is 2.55. The molecule has 0 bridgehead atoms. The average molecular weight is 261 g/mol. The molecule has 0 aliphatic carbocycles. The number of carbonyl (C=O) groups excluding carboxylic acids is 1. The van der Waals surface area contributed by atoms with Crippen molar-refractivity contribution in [2.45, 2.75) is 31.7 Å². The number of rotatable bonds is 3. The first-order valence-corrected chi connectivity index (χ1v) is 7.00. The van der Waals surface area contributed by atoms with Gasteiger partial charge in [-0.15, -0.1) is 0 Å². The van der Waals surface area contributed by atoms with E-state index in [4.69, 9.17) is 0 Å². The van der Waals surface area contributed by atoms with E-state index in [1.54, 1.807) is 12.4 Å². The van der Waals surface area contributed by atoms with E-state index in [1.807, 2.05) is 17.0 Å². The zero-order valence-electron chi connectivity index (χ0n) is 11.9. The van der Waals surface area contributed by atoms with Crippen LogP contribution in [0.25, 0.3) is 0 Å². The second kappa shape index (κ2) is 6.66. The summed E-state index contributed by atoms with van der Waals surface area (Å²) in [6, 6.07) is 4.32. The summed E-state index contributed by atoms with van der Waals surface area (Å²) in [6.07, 6.45) is 7.49. The molecule has 0 radical (unpaired) electrons. The summed E-state index contributed by atoms with van der Waals surface area (Å²) in [5, 5.41) is 0. The van der Waals surface area contributed by atoms with Gasteiger partial charge in [0.05, 0.1) is 6.42 Å². The van der Waals surface area contributed by atoms with Crippen LogP contribution < -0.4 is 0 Å². The molecule has 1 fully saturated rings. The Bertz CT molecular complexity index is 405. The largest absolute Gasteiger partial charge is 0.341 e. The van der Waals surface area contributed by atoms with Crippen LogP contribution in [0, 0.1) is 0 Å². The molecular weight excluding hydrogens is 238 g/mol. The lowest BCUT2D eigenvalue weighted by Gasteiger charge is -2.28. The van der Waals surface area contributed by atoms with Gasteiger partial charge in [-0.1, -0.05) is 6.42 Å². The van der Waals surface area contributed by atoms with Gasteiger partial charge in [0.2, 0.25) is 5.91 Å². The van der Waals surface area contributed by atoms with Crippen LogP contribution in [0.1, 0.15) is 24.8 Å². The van der Waals surface area contributed by atoms with Gasteiger partial charge in [-0.2, -0.15) is 0 Å². The Morgan fingerprint density at radius 1 is 1.37 bits per heavy atom. The maximum Gasteiger partial charge on any atom is 0.227 e. The van der Waals surface area contributed by atoms with Crippen molar-refractivity contribution in [3.8, 4) is 0 Å². The summed E-state index contributed by atoms with van der Waals surface area (Å²) in [5.74, 6) is 0.236. The van der Waals surface area contributed by atoms with E-state index >= 15 is 0 Å². The Morgan fingerprint density at radius 2 is 2.11 bits per heavy atom. The van der Waals surface area contributed by atoms with E-state index < -0.39 is 0 Å². The highest BCUT2D eigenvalue weighted by atomic mass is 16.2. The highest BCUT2D eigenvalue weighted by molar-refractivity contribution is 5.78. The molecule has 0 spiro atoms. The van der Waals surface area contributed by atoms with Crippen molar-refractivity contribution in [1.29, 1.82) is 0 Å². The van der Waals surface area contributed by atoms with Gasteiger partial charge in [0, 0.05) is 31.5 Å². The molecule has 2 rings (SSSR count). The van der Waals surface area contributed by atoms with E-state index in [2.05, 4.69) is 24.0 Å². The molecule has 1 aromatic heterocycles. The number of pyridine rings is 1. The normalized spacial score (nSPS) is 20.4. The maximum absolute atomic E-state index is 12.4. The summed E-state index contributed by atoms with van der Waals surface area (Å²) in [4.78, 5) is 20.6. The Labute approximate surface area is 115 Å². The number of likely N-dealkylation sites (tertiary alicyclic amines) is 1. The molecule has 19 heavy (non-hydrogen) atoms. The standard InChI is InChI=1S/C15H23N3O/c1-17(2)14-5-3-4-10-18(12-14)15(19)11-13-6-8-16-9-7-13/h6-9,14H,3-5,10-12H2,1-2H3/t14-/m0/s1. The summed E-state index contributed by atoms with van der Waals surface area (Å²) in [6.45, 7) is 1.76. The van der Waals surface area contributed by atoms with Crippen molar-refractivity contribution >= 4 is 5.91 Å². The zero-order valence-corrected chi connectivity index (χ0v) is 11.9. The summed E-state index contributed by atoms with van der Waals surface area (Å²) >= 11 is 0. The fraction of sp³-hybridized carbons (Fsp3) is 0.600. The third-order valence-corrected chi connectivity index (χ3v) is 3.83. The second-order valence-corrected chi connectivity index (χ2v) is 5.49. The van der Waals surface area contributed by atoms with E-state index in [-0.39, 0.29) is 5.91 Å². The summed E-state index contributed by atoms with van der Waals surface area (Å²) in [5.41, 5.74) is 1.05. The highest BCUT2D eigenvalue weighted by Gasteiger charge is 2.23. The van der Waals surface area contributed by atoms with Crippen molar-refractivity contribution < 1.29 is 4.79 Å². The van der Waals surface area contributed by atoms with Gasteiger partial charge in [-0.05, 0) is 44.6 Å². The fourth-order valence-electron chi connectivity index (χ4n) is 2.55. The van der Waals surface area contributed by atoms with Crippen molar-refractivity contribution in [3.05, 3.63) is 30.1 Å². The lowest BCUT2D eigenvalue weighted by Crippen LogP contribution is -2.42. The lowest BCUT2D eigenvalue weighted by molar-refractivity contribution is -0.131. The van der Waals surface area contributed by atoms with Gasteiger partial charge in [-0.3, -0.25) is 9.78 Å². The molecule has 1 aliphatic rings. The van der Waals surface area contributed by atoms with Gasteiger partial charge in [-0.25, -0.2) is 0 Å². The molecule has 104 valence electrons. The third kappa shape index (κ3) is 4.03. The predicted octanol–water partition coefficient (Wildman–Crippen LogP) is 1.57. The molecule has 1 amide bonds. The van der Waals surface area contributed by atoms with Crippen LogP contribution in [0.2, 0.25) is 0 Å². The number of hydrogen-bond donors (Lipinski definition) is 0. The topological polar surface area (TPSA) is 36.4 Å². The van der Waals surface area contributed by atoms with Crippen LogP contribution in [0.4, 0.5) is 0 Å². The average Bonchev–Trinajstić information content (AvgIpc) is 2.65. The van der Waals surface area contributed by atoms with Crippen molar-refractivity contribution in [3.63, 3.8) is 0 Å². The minimum absolute atomic E-state index is 0.236. The number of amides is 1. The van der Waals surface area contributed by atoms with Gasteiger partial charge in [0.25, 0.3) is 0 Å². The minimum Gasteiger partial charge on any atom is -0.341 e. The number of hydrogen-bond acceptors (Lipinski definition) is 3. The van der Waals surface area contributed by atoms with E-state index in [9.17, 15) is 4.79 Å². The van der Waals surface area contributed by atoms with Gasteiger partial charge >= 0.3 is 0 Å². The van der Waals surface area contributed by atoms with Crippen LogP contribution in [-0.2, 0) is 11.2 Å². The van der Waals surface area contributed by atoms with Crippen LogP contribution in [0.15, 0.2) is 24.5 Å². The van der Waals surface area contributed by atoms with Crippen LogP contribution in [0.5, 0.6) is 0 Å². The highest BCUT2D eigenvalue weighted by Crippen LogP contribution is 2.15. The molecule has 0 unspecified atom stereocenters. The minimum atomic E-state index is 0.236. The quantitative estimate of drug-likeness (QED) is 0.828. The smallest absolute Gasteiger partial charge is 0.227 e. The Balaban J connectivity index is 1.97. The molecular formula is C15H23N3O. The van der Waals surface area contributed by atoms with Gasteiger partial charge in [0.15, 0.2) is 0 Å². The second-order valence-electron chi connectivity index (χ2n) is 5.49. The molecule has 0 aromatic carbocycles. The summed E-state index contributed by atoms with van der Waals surface area (Å²) in [7, 11) is 4.20. The van der Waals surface area contributed by atoms with Crippen LogP contribution >= 0.6 is 0 Å². The number of likely N-dealkylation sites (N-methyl/N-ethyl adjacent to an activating group) is 1. The van der Waals surface area contributed by atoms with Crippen molar-refractivity contribution in [2.75, 3.05) is 27.2 Å². The first-order chi connectivity index (χ1) is 9.16.